The van der Waals surface area contributed by atoms with Crippen LogP contribution in [0, 0.1) is 0 Å². The lowest BCUT2D eigenvalue weighted by Crippen LogP contribution is -2.27. The second kappa shape index (κ2) is 6.22. The monoisotopic (exact) mass is 302 g/mol. The van der Waals surface area contributed by atoms with Crippen LogP contribution in [-0.4, -0.2) is 19.5 Å². The van der Waals surface area contributed by atoms with E-state index in [9.17, 15) is 13.2 Å². The highest BCUT2D eigenvalue weighted by Gasteiger charge is 2.30. The molecule has 0 N–H and O–H groups in total. The molecule has 0 bridgehead atoms. The Morgan fingerprint density at radius 3 is 2.10 bits per heavy atom. The Morgan fingerprint density at radius 1 is 1.00 bits per heavy atom. The van der Waals surface area contributed by atoms with Crippen molar-refractivity contribution >= 4 is 15.6 Å². The van der Waals surface area contributed by atoms with Crippen LogP contribution in [0.1, 0.15) is 29.8 Å². The molecule has 0 saturated carbocycles. The maximum Gasteiger partial charge on any atom is 0.188 e. The summed E-state index contributed by atoms with van der Waals surface area (Å²) in [6.45, 7) is 3.47. The summed E-state index contributed by atoms with van der Waals surface area (Å²) >= 11 is 0. The van der Waals surface area contributed by atoms with Crippen molar-refractivity contribution in [2.24, 2.45) is 0 Å². The molecular formula is C17H18O3S. The molecule has 0 aromatic heterocycles. The molecule has 110 valence electrons. The van der Waals surface area contributed by atoms with Crippen LogP contribution in [0.3, 0.4) is 0 Å². The number of hydrogen-bond donors (Lipinski definition) is 0. The van der Waals surface area contributed by atoms with Gasteiger partial charge in [0, 0.05) is 5.56 Å². The number of Topliss-reactive ketones (excluding diaryl/α,β-unsaturated/α-hetero) is 1. The van der Waals surface area contributed by atoms with Crippen molar-refractivity contribution < 1.29 is 13.2 Å². The molecule has 0 saturated heterocycles. The van der Waals surface area contributed by atoms with Crippen LogP contribution in [-0.2, 0) is 16.3 Å². The van der Waals surface area contributed by atoms with Gasteiger partial charge in [-0.2, -0.15) is 0 Å². The highest BCUT2D eigenvalue weighted by Crippen LogP contribution is 2.19. The molecule has 1 unspecified atom stereocenters. The maximum absolute atomic E-state index is 12.4. The zero-order valence-electron chi connectivity index (χ0n) is 12.1. The molecule has 0 fully saturated rings. The number of benzene rings is 2. The minimum absolute atomic E-state index is 0.177. The van der Waals surface area contributed by atoms with E-state index in [2.05, 4.69) is 0 Å². The van der Waals surface area contributed by atoms with Crippen molar-refractivity contribution in [2.45, 2.75) is 30.4 Å². The molecule has 0 spiro atoms. The summed E-state index contributed by atoms with van der Waals surface area (Å²) in [5, 5.41) is -1.09. The van der Waals surface area contributed by atoms with Gasteiger partial charge in [0.05, 0.1) is 4.90 Å². The Morgan fingerprint density at radius 2 is 1.57 bits per heavy atom. The van der Waals surface area contributed by atoms with Crippen LogP contribution in [0.15, 0.2) is 59.5 Å². The molecule has 2 aromatic carbocycles. The minimum atomic E-state index is -3.65. The molecule has 0 aliphatic carbocycles. The lowest BCUT2D eigenvalue weighted by Gasteiger charge is -2.12. The Bertz CT molecular complexity index is 716. The fourth-order valence-electron chi connectivity index (χ4n) is 2.09. The van der Waals surface area contributed by atoms with Gasteiger partial charge in [-0.3, -0.25) is 4.79 Å². The van der Waals surface area contributed by atoms with Gasteiger partial charge in [-0.05, 0) is 31.0 Å². The van der Waals surface area contributed by atoms with Gasteiger partial charge in [-0.15, -0.1) is 0 Å². The van der Waals surface area contributed by atoms with Crippen molar-refractivity contribution in [1.29, 1.82) is 0 Å². The summed E-state index contributed by atoms with van der Waals surface area (Å²) in [5.41, 5.74) is 1.55. The number of carbonyl (C=O) groups excluding carboxylic acids is 1. The van der Waals surface area contributed by atoms with Crippen LogP contribution in [0.25, 0.3) is 0 Å². The van der Waals surface area contributed by atoms with Crippen molar-refractivity contribution in [3.8, 4) is 0 Å². The Labute approximate surface area is 125 Å². The first-order valence-corrected chi connectivity index (χ1v) is 8.43. The molecule has 21 heavy (non-hydrogen) atoms. The van der Waals surface area contributed by atoms with E-state index in [-0.39, 0.29) is 10.7 Å². The minimum Gasteiger partial charge on any atom is -0.293 e. The average Bonchev–Trinajstić information content (AvgIpc) is 2.54. The van der Waals surface area contributed by atoms with E-state index in [0.717, 1.165) is 12.0 Å². The third kappa shape index (κ3) is 3.22. The summed E-state index contributed by atoms with van der Waals surface area (Å²) in [4.78, 5) is 12.6. The Balaban J connectivity index is 2.30. The highest BCUT2D eigenvalue weighted by molar-refractivity contribution is 7.92. The summed E-state index contributed by atoms with van der Waals surface area (Å²) in [6.07, 6.45) is 0.881. The third-order valence-corrected chi connectivity index (χ3v) is 5.63. The number of aryl methyl sites for hydroxylation is 1. The van der Waals surface area contributed by atoms with Crippen LogP contribution in [0.5, 0.6) is 0 Å². The molecule has 0 amide bonds. The number of rotatable bonds is 5. The van der Waals surface area contributed by atoms with Gasteiger partial charge in [0.1, 0.15) is 5.25 Å². The maximum atomic E-state index is 12.4. The van der Waals surface area contributed by atoms with Crippen LogP contribution in [0.4, 0.5) is 0 Å². The fourth-order valence-corrected chi connectivity index (χ4v) is 3.46. The zero-order chi connectivity index (χ0) is 15.5. The lowest BCUT2D eigenvalue weighted by molar-refractivity contribution is 0.0991. The van der Waals surface area contributed by atoms with E-state index >= 15 is 0 Å². The standard InChI is InChI=1S/C17H18O3S/c1-3-14-9-11-15(12-10-14)17(18)13(2)21(19,20)16-7-5-4-6-8-16/h4-13H,3H2,1-2H3. The first kappa shape index (κ1) is 15.4. The molecular weight excluding hydrogens is 284 g/mol. The normalized spacial score (nSPS) is 12.9. The van der Waals surface area contributed by atoms with Gasteiger partial charge in [-0.1, -0.05) is 49.4 Å². The van der Waals surface area contributed by atoms with E-state index in [1.807, 2.05) is 19.1 Å². The second-order valence-electron chi connectivity index (χ2n) is 4.92. The summed E-state index contributed by atoms with van der Waals surface area (Å²) in [7, 11) is -3.65. The topological polar surface area (TPSA) is 51.2 Å². The van der Waals surface area contributed by atoms with Gasteiger partial charge < -0.3 is 0 Å². The van der Waals surface area contributed by atoms with Crippen molar-refractivity contribution in [3.05, 3.63) is 65.7 Å². The van der Waals surface area contributed by atoms with Gasteiger partial charge >= 0.3 is 0 Å². The molecule has 0 aliphatic rings. The molecule has 2 aromatic rings. The van der Waals surface area contributed by atoms with Crippen LogP contribution < -0.4 is 0 Å². The van der Waals surface area contributed by atoms with Crippen molar-refractivity contribution in [2.75, 3.05) is 0 Å². The number of carbonyl (C=O) groups is 1. The van der Waals surface area contributed by atoms with Crippen LogP contribution in [0.2, 0.25) is 0 Å². The molecule has 0 aliphatic heterocycles. The number of ketones is 1. The van der Waals surface area contributed by atoms with Crippen LogP contribution >= 0.6 is 0 Å². The van der Waals surface area contributed by atoms with Gasteiger partial charge in [0.2, 0.25) is 0 Å². The van der Waals surface area contributed by atoms with Gasteiger partial charge in [0.25, 0.3) is 0 Å². The molecule has 3 nitrogen and oxygen atoms in total. The third-order valence-electron chi connectivity index (χ3n) is 3.55. The van der Waals surface area contributed by atoms with E-state index < -0.39 is 15.1 Å². The fraction of sp³-hybridized carbons (Fsp3) is 0.235. The predicted octanol–water partition coefficient (Wildman–Crippen LogP) is 3.29. The molecule has 2 rings (SSSR count). The highest BCUT2D eigenvalue weighted by atomic mass is 32.2. The molecule has 1 atom stereocenters. The number of hydrogen-bond acceptors (Lipinski definition) is 3. The second-order valence-corrected chi connectivity index (χ2v) is 7.18. The van der Waals surface area contributed by atoms with Gasteiger partial charge in [-0.25, -0.2) is 8.42 Å². The van der Waals surface area contributed by atoms with Crippen molar-refractivity contribution in [1.82, 2.24) is 0 Å². The predicted molar refractivity (Wildman–Crippen MR) is 83.2 cm³/mol. The summed E-state index contributed by atoms with van der Waals surface area (Å²) in [6, 6.07) is 15.2. The summed E-state index contributed by atoms with van der Waals surface area (Å²) < 4.78 is 24.9. The van der Waals surface area contributed by atoms with E-state index in [0.29, 0.717) is 5.56 Å². The largest absolute Gasteiger partial charge is 0.293 e. The quantitative estimate of drug-likeness (QED) is 0.796. The van der Waals surface area contributed by atoms with Gasteiger partial charge in [0.15, 0.2) is 15.6 Å². The smallest absolute Gasteiger partial charge is 0.188 e. The van der Waals surface area contributed by atoms with E-state index in [1.54, 1.807) is 30.3 Å². The summed E-state index contributed by atoms with van der Waals surface area (Å²) in [5.74, 6) is -0.374. The van der Waals surface area contributed by atoms with E-state index in [1.165, 1.54) is 19.1 Å². The van der Waals surface area contributed by atoms with E-state index in [4.69, 9.17) is 0 Å². The zero-order valence-corrected chi connectivity index (χ0v) is 12.9. The number of sulfone groups is 1. The SMILES string of the molecule is CCc1ccc(C(=O)C(C)S(=O)(=O)c2ccccc2)cc1. The molecule has 4 heteroatoms. The Kier molecular flexibility index (Phi) is 4.58. The lowest BCUT2D eigenvalue weighted by atomic mass is 10.1. The molecule has 0 radical (unpaired) electrons. The molecule has 0 heterocycles. The van der Waals surface area contributed by atoms with Crippen molar-refractivity contribution in [3.63, 3.8) is 0 Å². The Hall–Kier alpha value is -1.94. The first-order valence-electron chi connectivity index (χ1n) is 6.89. The average molecular weight is 302 g/mol. The first-order chi connectivity index (χ1) is 9.96.